The van der Waals surface area contributed by atoms with Gasteiger partial charge in [-0.15, -0.1) is 0 Å². The monoisotopic (exact) mass is 225 g/mol. The highest BCUT2D eigenvalue weighted by Gasteiger charge is 2.08. The van der Waals surface area contributed by atoms with Crippen molar-refractivity contribution in [2.45, 2.75) is 31.6 Å². The van der Waals surface area contributed by atoms with E-state index in [4.69, 9.17) is 0 Å². The maximum absolute atomic E-state index is 12.2. The fraction of sp³-hybridized carbons (Fsp3) is 0.500. The van der Waals surface area contributed by atoms with Crippen molar-refractivity contribution in [3.8, 4) is 0 Å². The Morgan fingerprint density at radius 2 is 1.80 bits per heavy atom. The van der Waals surface area contributed by atoms with Gasteiger partial charge in [0.1, 0.15) is 0 Å². The quantitative estimate of drug-likeness (QED) is 0.776. The molecule has 0 radical (unpaired) electrons. The summed E-state index contributed by atoms with van der Waals surface area (Å²) in [4.78, 5) is 0.844. The van der Waals surface area contributed by atoms with Crippen LogP contribution < -0.4 is 0 Å². The van der Waals surface area contributed by atoms with Crippen molar-refractivity contribution < 1.29 is 4.21 Å². The molecule has 0 spiro atoms. The maximum Gasteiger partial charge on any atom is 0.0746 e. The third kappa shape index (κ3) is 2.59. The lowest BCUT2D eigenvalue weighted by atomic mass is 10.0. The van der Waals surface area contributed by atoms with Crippen molar-refractivity contribution in [2.24, 2.45) is 4.36 Å². The van der Waals surface area contributed by atoms with E-state index in [2.05, 4.69) is 18.2 Å². The van der Waals surface area contributed by atoms with Crippen LogP contribution in [0.3, 0.4) is 0 Å². The molecule has 0 saturated carbocycles. The lowest BCUT2D eigenvalue weighted by Crippen LogP contribution is -2.03. The molecule has 1 atom stereocenters. The normalized spacial score (nSPS) is 15.0. The topological polar surface area (TPSA) is 29.4 Å². The van der Waals surface area contributed by atoms with E-state index in [1.54, 1.807) is 7.05 Å². The minimum Gasteiger partial charge on any atom is -0.245 e. The predicted molar refractivity (Wildman–Crippen MR) is 65.8 cm³/mol. The zero-order valence-electron chi connectivity index (χ0n) is 9.86. The Morgan fingerprint density at radius 1 is 1.27 bits per heavy atom. The first-order valence-electron chi connectivity index (χ1n) is 5.26. The van der Waals surface area contributed by atoms with Gasteiger partial charge in [0.15, 0.2) is 0 Å². The van der Waals surface area contributed by atoms with Gasteiger partial charge in [-0.2, -0.15) is 0 Å². The molecule has 1 unspecified atom stereocenters. The molecular weight excluding hydrogens is 206 g/mol. The van der Waals surface area contributed by atoms with E-state index >= 15 is 0 Å². The molecule has 0 aliphatic rings. The highest BCUT2D eigenvalue weighted by molar-refractivity contribution is 7.93. The molecule has 84 valence electrons. The summed E-state index contributed by atoms with van der Waals surface area (Å²) in [5.41, 5.74) is 1.27. The van der Waals surface area contributed by atoms with E-state index in [1.165, 1.54) is 5.56 Å². The molecule has 0 aromatic heterocycles. The zero-order valence-corrected chi connectivity index (χ0v) is 10.7. The summed E-state index contributed by atoms with van der Waals surface area (Å²) in [7, 11) is -0.534. The maximum atomic E-state index is 12.2. The number of rotatable bonds is 3. The van der Waals surface area contributed by atoms with Crippen molar-refractivity contribution in [2.75, 3.05) is 12.8 Å². The van der Waals surface area contributed by atoms with Crippen LogP contribution in [0.1, 0.15) is 32.3 Å². The summed E-state index contributed by atoms with van der Waals surface area (Å²) < 4.78 is 16.3. The molecular formula is C12H19NOS. The van der Waals surface area contributed by atoms with Crippen LogP contribution in [0, 0.1) is 0 Å². The van der Waals surface area contributed by atoms with Crippen LogP contribution in [0.4, 0.5) is 0 Å². The second kappa shape index (κ2) is 4.79. The number of hydrogen-bond donors (Lipinski definition) is 0. The zero-order chi connectivity index (χ0) is 11.5. The second-order valence-electron chi connectivity index (χ2n) is 3.84. The molecule has 1 rings (SSSR count). The lowest BCUT2D eigenvalue weighted by Gasteiger charge is -2.09. The van der Waals surface area contributed by atoms with Crippen LogP contribution in [-0.4, -0.2) is 17.0 Å². The lowest BCUT2D eigenvalue weighted by molar-refractivity contribution is 0.676. The van der Waals surface area contributed by atoms with Gasteiger partial charge in [0.2, 0.25) is 0 Å². The van der Waals surface area contributed by atoms with Crippen LogP contribution in [0.25, 0.3) is 0 Å². The highest BCUT2D eigenvalue weighted by atomic mass is 32.2. The van der Waals surface area contributed by atoms with Crippen molar-refractivity contribution in [3.63, 3.8) is 0 Å². The van der Waals surface area contributed by atoms with Gasteiger partial charge in [0, 0.05) is 17.7 Å². The Hall–Kier alpha value is -0.830. The number of nitrogens with zero attached hydrogens (tertiary/aromatic N) is 1. The van der Waals surface area contributed by atoms with Crippen molar-refractivity contribution >= 4 is 9.73 Å². The number of hydrogen-bond acceptors (Lipinski definition) is 2. The van der Waals surface area contributed by atoms with Gasteiger partial charge in [-0.25, -0.2) is 8.57 Å². The molecule has 0 bridgehead atoms. The summed E-state index contributed by atoms with van der Waals surface area (Å²) in [5.74, 6) is 1.08. The fourth-order valence-electron chi connectivity index (χ4n) is 1.47. The van der Waals surface area contributed by atoms with Crippen molar-refractivity contribution in [1.82, 2.24) is 0 Å². The average Bonchev–Trinajstić information content (AvgIpc) is 2.28. The molecule has 1 aromatic carbocycles. The van der Waals surface area contributed by atoms with E-state index < -0.39 is 9.73 Å². The standard InChI is InChI=1S/C12H19NOS/c1-5-15(14,13-4)12-8-6-11(7-9-12)10(2)3/h6-10H,5H2,1-4H3. The molecule has 0 aliphatic heterocycles. The first-order chi connectivity index (χ1) is 7.03. The smallest absolute Gasteiger partial charge is 0.0746 e. The predicted octanol–water partition coefficient (Wildman–Crippen LogP) is 3.29. The highest BCUT2D eigenvalue weighted by Crippen LogP contribution is 2.19. The third-order valence-electron chi connectivity index (χ3n) is 2.60. The Kier molecular flexibility index (Phi) is 3.91. The largest absolute Gasteiger partial charge is 0.245 e. The summed E-state index contributed by atoms with van der Waals surface area (Å²) in [5, 5.41) is 0. The molecule has 15 heavy (non-hydrogen) atoms. The molecule has 2 nitrogen and oxygen atoms in total. The van der Waals surface area contributed by atoms with E-state index in [9.17, 15) is 4.21 Å². The molecule has 3 heteroatoms. The average molecular weight is 225 g/mol. The summed E-state index contributed by atoms with van der Waals surface area (Å²) in [6.45, 7) is 6.21. The fourth-order valence-corrected chi connectivity index (χ4v) is 2.83. The van der Waals surface area contributed by atoms with Crippen LogP contribution in [-0.2, 0) is 9.73 Å². The van der Waals surface area contributed by atoms with Crippen molar-refractivity contribution in [3.05, 3.63) is 29.8 Å². The molecule has 0 aliphatic carbocycles. The molecule has 0 saturated heterocycles. The minimum atomic E-state index is -2.16. The van der Waals surface area contributed by atoms with Crippen LogP contribution in [0.2, 0.25) is 0 Å². The first-order valence-corrected chi connectivity index (χ1v) is 6.95. The third-order valence-corrected chi connectivity index (χ3v) is 4.98. The summed E-state index contributed by atoms with van der Waals surface area (Å²) in [6, 6.07) is 7.96. The first kappa shape index (κ1) is 12.2. The number of benzene rings is 1. The minimum absolute atomic E-state index is 0.510. The van der Waals surface area contributed by atoms with Crippen LogP contribution in [0.5, 0.6) is 0 Å². The van der Waals surface area contributed by atoms with Gasteiger partial charge in [-0.05, 0) is 23.6 Å². The SMILES string of the molecule is CCS(=O)(=NC)c1ccc(C(C)C)cc1. The van der Waals surface area contributed by atoms with E-state index in [0.717, 1.165) is 4.90 Å². The van der Waals surface area contributed by atoms with Crippen LogP contribution in [0.15, 0.2) is 33.5 Å². The Bertz CT molecular complexity index is 425. The molecule has 0 N–H and O–H groups in total. The van der Waals surface area contributed by atoms with Gasteiger partial charge in [0.25, 0.3) is 0 Å². The van der Waals surface area contributed by atoms with Gasteiger partial charge in [0.05, 0.1) is 9.73 Å². The Labute approximate surface area is 92.9 Å². The van der Waals surface area contributed by atoms with E-state index in [1.807, 2.05) is 31.2 Å². The van der Waals surface area contributed by atoms with Gasteiger partial charge in [-0.1, -0.05) is 32.9 Å². The summed E-state index contributed by atoms with van der Waals surface area (Å²) >= 11 is 0. The van der Waals surface area contributed by atoms with Gasteiger partial charge >= 0.3 is 0 Å². The molecule has 0 fully saturated rings. The van der Waals surface area contributed by atoms with E-state index in [0.29, 0.717) is 11.7 Å². The Balaban J connectivity index is 3.15. The van der Waals surface area contributed by atoms with Gasteiger partial charge in [-0.3, -0.25) is 0 Å². The Morgan fingerprint density at radius 3 is 2.13 bits per heavy atom. The second-order valence-corrected chi connectivity index (χ2v) is 6.53. The van der Waals surface area contributed by atoms with E-state index in [-0.39, 0.29) is 0 Å². The molecule has 0 heterocycles. The van der Waals surface area contributed by atoms with Gasteiger partial charge < -0.3 is 0 Å². The summed E-state index contributed by atoms with van der Waals surface area (Å²) in [6.07, 6.45) is 0. The molecule has 0 amide bonds. The van der Waals surface area contributed by atoms with Crippen molar-refractivity contribution in [1.29, 1.82) is 0 Å². The molecule has 1 aromatic rings. The van der Waals surface area contributed by atoms with Crippen LogP contribution >= 0.6 is 0 Å².